The first-order valence-corrected chi connectivity index (χ1v) is 8.06. The van der Waals surface area contributed by atoms with Crippen LogP contribution in [0.3, 0.4) is 0 Å². The summed E-state index contributed by atoms with van der Waals surface area (Å²) in [4.78, 5) is 11.3. The van der Waals surface area contributed by atoms with Gasteiger partial charge in [0.15, 0.2) is 0 Å². The second-order valence-electron chi connectivity index (χ2n) is 5.65. The minimum atomic E-state index is 0.803. The molecule has 1 aromatic carbocycles. The first kappa shape index (κ1) is 16.3. The molecule has 0 aliphatic carbocycles. The first-order valence-electron chi connectivity index (χ1n) is 8.06. The largest absolute Gasteiger partial charge is 0.341 e. The van der Waals surface area contributed by atoms with E-state index in [1.807, 2.05) is 12.3 Å². The lowest BCUT2D eigenvalue weighted by atomic mass is 10.1. The van der Waals surface area contributed by atoms with Crippen molar-refractivity contribution in [2.75, 3.05) is 23.3 Å². The van der Waals surface area contributed by atoms with E-state index in [0.29, 0.717) is 0 Å². The van der Waals surface area contributed by atoms with Crippen LogP contribution in [0.2, 0.25) is 0 Å². The molecule has 1 N–H and O–H groups in total. The maximum absolute atomic E-state index is 4.66. The molecule has 4 nitrogen and oxygen atoms in total. The molecule has 0 atom stereocenters. The van der Waals surface area contributed by atoms with Crippen molar-refractivity contribution in [1.29, 1.82) is 0 Å². The molecule has 4 heteroatoms. The summed E-state index contributed by atoms with van der Waals surface area (Å²) in [6, 6.07) is 8.27. The van der Waals surface area contributed by atoms with Gasteiger partial charge < -0.3 is 10.2 Å². The number of nitrogens with one attached hydrogen (secondary N) is 1. The van der Waals surface area contributed by atoms with Crippen molar-refractivity contribution in [3.63, 3.8) is 0 Å². The van der Waals surface area contributed by atoms with Crippen molar-refractivity contribution in [2.24, 2.45) is 0 Å². The zero-order valence-corrected chi connectivity index (χ0v) is 14.1. The van der Waals surface area contributed by atoms with Gasteiger partial charge in [-0.1, -0.05) is 19.9 Å². The first-order chi connectivity index (χ1) is 10.6. The van der Waals surface area contributed by atoms with Gasteiger partial charge in [-0.2, -0.15) is 4.98 Å². The van der Waals surface area contributed by atoms with Gasteiger partial charge in [-0.25, -0.2) is 4.98 Å². The lowest BCUT2D eigenvalue weighted by Crippen LogP contribution is -2.26. The molecule has 0 saturated heterocycles. The molecule has 1 heterocycles. The van der Waals surface area contributed by atoms with Crippen LogP contribution in [-0.4, -0.2) is 23.1 Å². The summed E-state index contributed by atoms with van der Waals surface area (Å²) < 4.78 is 0. The Balaban J connectivity index is 2.18. The molecule has 0 radical (unpaired) electrons. The molecule has 0 fully saturated rings. The van der Waals surface area contributed by atoms with Crippen molar-refractivity contribution in [2.45, 2.75) is 40.5 Å². The Labute approximate surface area is 133 Å². The van der Waals surface area contributed by atoms with Crippen LogP contribution in [0, 0.1) is 13.8 Å². The normalized spacial score (nSPS) is 10.5. The Kier molecular flexibility index (Phi) is 5.75. The molecule has 0 unspecified atom stereocenters. The highest BCUT2D eigenvalue weighted by molar-refractivity contribution is 5.58. The third-order valence-electron chi connectivity index (χ3n) is 3.69. The highest BCUT2D eigenvalue weighted by Crippen LogP contribution is 2.19. The van der Waals surface area contributed by atoms with Gasteiger partial charge in [0.05, 0.1) is 0 Å². The van der Waals surface area contributed by atoms with Crippen LogP contribution in [0.25, 0.3) is 0 Å². The van der Waals surface area contributed by atoms with Crippen molar-refractivity contribution in [3.8, 4) is 0 Å². The summed E-state index contributed by atoms with van der Waals surface area (Å²) in [5.74, 6) is 1.64. The van der Waals surface area contributed by atoms with E-state index in [4.69, 9.17) is 0 Å². The molecule has 0 saturated carbocycles. The molecule has 1 aromatic heterocycles. The zero-order valence-electron chi connectivity index (χ0n) is 14.1. The quantitative estimate of drug-likeness (QED) is 0.819. The van der Waals surface area contributed by atoms with Crippen molar-refractivity contribution in [3.05, 3.63) is 41.6 Å². The smallest absolute Gasteiger partial charge is 0.227 e. The molecule has 2 aromatic rings. The fraction of sp³-hybridized carbons (Fsp3) is 0.444. The van der Waals surface area contributed by atoms with E-state index in [1.54, 1.807) is 0 Å². The fourth-order valence-corrected chi connectivity index (χ4v) is 2.39. The number of nitrogens with zero attached hydrogens (tertiary/aromatic N) is 3. The molecule has 118 valence electrons. The van der Waals surface area contributed by atoms with E-state index in [0.717, 1.165) is 43.4 Å². The number of aromatic nitrogens is 2. The number of benzene rings is 1. The van der Waals surface area contributed by atoms with Crippen LogP contribution in [0.5, 0.6) is 0 Å². The Morgan fingerprint density at radius 3 is 2.36 bits per heavy atom. The Bertz CT molecular complexity index is 604. The summed E-state index contributed by atoms with van der Waals surface area (Å²) in [7, 11) is 0. The molecule has 0 spiro atoms. The molecule has 0 aliphatic heterocycles. The number of anilines is 3. The molecule has 0 aliphatic rings. The van der Waals surface area contributed by atoms with Crippen molar-refractivity contribution >= 4 is 17.5 Å². The van der Waals surface area contributed by atoms with Gasteiger partial charge in [0.2, 0.25) is 5.95 Å². The lowest BCUT2D eigenvalue weighted by molar-refractivity contribution is 0.722. The summed E-state index contributed by atoms with van der Waals surface area (Å²) in [6.07, 6.45) is 4.01. The van der Waals surface area contributed by atoms with E-state index in [2.05, 4.69) is 66.1 Å². The van der Waals surface area contributed by atoms with Gasteiger partial charge in [-0.15, -0.1) is 0 Å². The Morgan fingerprint density at radius 2 is 1.73 bits per heavy atom. The number of hydrogen-bond donors (Lipinski definition) is 1. The standard InChI is InChI=1S/C18H26N4/c1-5-11-22(12-6-2)18-19-10-9-17(21-18)20-16-8-7-14(3)15(4)13-16/h7-10,13H,5-6,11-12H2,1-4H3,(H,19,20,21). The van der Waals surface area contributed by atoms with Crippen molar-refractivity contribution in [1.82, 2.24) is 9.97 Å². The summed E-state index contributed by atoms with van der Waals surface area (Å²) >= 11 is 0. The average molecular weight is 298 g/mol. The molecular formula is C18H26N4. The fourth-order valence-electron chi connectivity index (χ4n) is 2.39. The summed E-state index contributed by atoms with van der Waals surface area (Å²) in [5, 5.41) is 3.37. The average Bonchev–Trinajstić information content (AvgIpc) is 2.51. The van der Waals surface area contributed by atoms with Gasteiger partial charge in [0, 0.05) is 25.0 Å². The second kappa shape index (κ2) is 7.78. The highest BCUT2D eigenvalue weighted by Gasteiger charge is 2.08. The molecular weight excluding hydrogens is 272 g/mol. The van der Waals surface area contributed by atoms with E-state index in [1.165, 1.54) is 11.1 Å². The third kappa shape index (κ3) is 4.20. The van der Waals surface area contributed by atoms with Crippen LogP contribution in [0.1, 0.15) is 37.8 Å². The topological polar surface area (TPSA) is 41.1 Å². The van der Waals surface area contributed by atoms with E-state index < -0.39 is 0 Å². The molecule has 0 bridgehead atoms. The maximum Gasteiger partial charge on any atom is 0.227 e. The SMILES string of the molecule is CCCN(CCC)c1nccc(Nc2ccc(C)c(C)c2)n1. The van der Waals surface area contributed by atoms with E-state index in [9.17, 15) is 0 Å². The highest BCUT2D eigenvalue weighted by atomic mass is 15.3. The number of hydrogen-bond acceptors (Lipinski definition) is 4. The van der Waals surface area contributed by atoms with Gasteiger partial charge in [0.1, 0.15) is 5.82 Å². The molecule has 0 amide bonds. The summed E-state index contributed by atoms with van der Waals surface area (Å²) in [5.41, 5.74) is 3.63. The van der Waals surface area contributed by atoms with Gasteiger partial charge in [-0.05, 0) is 56.0 Å². The minimum absolute atomic E-state index is 0.803. The number of rotatable bonds is 7. The zero-order chi connectivity index (χ0) is 15.9. The van der Waals surface area contributed by atoms with Crippen LogP contribution in [-0.2, 0) is 0 Å². The lowest BCUT2D eigenvalue weighted by Gasteiger charge is -2.21. The predicted octanol–water partition coefficient (Wildman–Crippen LogP) is 4.46. The monoisotopic (exact) mass is 298 g/mol. The molecule has 22 heavy (non-hydrogen) atoms. The summed E-state index contributed by atoms with van der Waals surface area (Å²) in [6.45, 7) is 10.6. The van der Waals surface area contributed by atoms with Crippen molar-refractivity contribution < 1.29 is 0 Å². The van der Waals surface area contributed by atoms with Crippen LogP contribution < -0.4 is 10.2 Å². The Morgan fingerprint density at radius 1 is 1.00 bits per heavy atom. The van der Waals surface area contributed by atoms with E-state index >= 15 is 0 Å². The second-order valence-corrected chi connectivity index (χ2v) is 5.65. The van der Waals surface area contributed by atoms with Crippen LogP contribution in [0.4, 0.5) is 17.5 Å². The van der Waals surface area contributed by atoms with Gasteiger partial charge in [-0.3, -0.25) is 0 Å². The predicted molar refractivity (Wildman–Crippen MR) is 94.0 cm³/mol. The maximum atomic E-state index is 4.66. The molecule has 2 rings (SSSR count). The Hall–Kier alpha value is -2.10. The van der Waals surface area contributed by atoms with Gasteiger partial charge >= 0.3 is 0 Å². The number of aryl methyl sites for hydroxylation is 2. The van der Waals surface area contributed by atoms with Crippen LogP contribution in [0.15, 0.2) is 30.5 Å². The third-order valence-corrected chi connectivity index (χ3v) is 3.69. The van der Waals surface area contributed by atoms with E-state index in [-0.39, 0.29) is 0 Å². The minimum Gasteiger partial charge on any atom is -0.341 e. The van der Waals surface area contributed by atoms with Gasteiger partial charge in [0.25, 0.3) is 0 Å². The van der Waals surface area contributed by atoms with Crippen LogP contribution >= 0.6 is 0 Å².